The van der Waals surface area contributed by atoms with Gasteiger partial charge in [-0.2, -0.15) is 0 Å². The maximum Gasteiger partial charge on any atom is 0.164 e. The molecular formula is C46H56IrNO2Si-. The molecule has 0 aliphatic carbocycles. The van der Waals surface area contributed by atoms with Crippen molar-refractivity contribution in [1.82, 2.24) is 4.98 Å². The molecule has 1 radical (unpaired) electrons. The minimum atomic E-state index is -1.53. The van der Waals surface area contributed by atoms with Gasteiger partial charge in [0.1, 0.15) is 0 Å². The maximum absolute atomic E-state index is 11.3. The molecular weight excluding hydrogens is 819 g/mol. The van der Waals surface area contributed by atoms with Crippen molar-refractivity contribution < 1.29 is 30.0 Å². The summed E-state index contributed by atoms with van der Waals surface area (Å²) in [5.74, 6) is 0.153. The Hall–Kier alpha value is -3.63. The van der Waals surface area contributed by atoms with Crippen LogP contribution in [0.5, 0.6) is 0 Å². The van der Waals surface area contributed by atoms with Crippen LogP contribution in [0.3, 0.4) is 0 Å². The number of nitrogens with zero attached hydrogens (tertiary/aromatic N) is 1. The average Bonchev–Trinajstić information content (AvgIpc) is 3.02. The fourth-order valence-electron chi connectivity index (χ4n) is 5.91. The van der Waals surface area contributed by atoms with E-state index in [1.165, 1.54) is 50.0 Å². The monoisotopic (exact) mass is 875 g/mol. The minimum Gasteiger partial charge on any atom is -0.512 e. The number of hydrogen-bond donors (Lipinski definition) is 1. The van der Waals surface area contributed by atoms with E-state index in [1.54, 1.807) is 0 Å². The van der Waals surface area contributed by atoms with Gasteiger partial charge in [-0.05, 0) is 45.0 Å². The molecule has 5 heteroatoms. The predicted octanol–water partition coefficient (Wildman–Crippen LogP) is 12.2. The van der Waals surface area contributed by atoms with Gasteiger partial charge in [0.05, 0.1) is 19.3 Å². The van der Waals surface area contributed by atoms with E-state index < -0.39 is 13.5 Å². The number of carbonyl (C=O) groups excluding carboxylic acids is 1. The number of fused-ring (bicyclic) bond motifs is 1. The van der Waals surface area contributed by atoms with Crippen LogP contribution < -0.4 is 5.19 Å². The number of pyridine rings is 1. The van der Waals surface area contributed by atoms with Gasteiger partial charge in [0.25, 0.3) is 0 Å². The Kier molecular flexibility index (Phi) is 13.4. The Labute approximate surface area is 322 Å². The first-order valence-electron chi connectivity index (χ1n) is 17.8. The summed E-state index contributed by atoms with van der Waals surface area (Å²) in [6.07, 6.45) is 1.32. The van der Waals surface area contributed by atoms with Gasteiger partial charge in [-0.25, -0.2) is 0 Å². The number of benzene rings is 4. The van der Waals surface area contributed by atoms with Gasteiger partial charge < -0.3 is 5.11 Å². The molecule has 0 fully saturated rings. The summed E-state index contributed by atoms with van der Waals surface area (Å²) in [6, 6.07) is 34.8. The molecule has 3 nitrogen and oxygen atoms in total. The third-order valence-electron chi connectivity index (χ3n) is 8.93. The van der Waals surface area contributed by atoms with Crippen molar-refractivity contribution in [2.24, 2.45) is 11.3 Å². The first-order valence-corrected chi connectivity index (χ1v) is 21.3. The molecule has 0 aliphatic rings. The Balaban J connectivity index is 0.000000465. The number of carbonyl (C=O) groups is 1. The second-order valence-electron chi connectivity index (χ2n) is 17.0. The van der Waals surface area contributed by atoms with E-state index >= 15 is 0 Å². The molecule has 0 amide bonds. The number of aliphatic hydroxyl groups excluding tert-OH is 1. The van der Waals surface area contributed by atoms with Crippen LogP contribution in [0.25, 0.3) is 44.4 Å². The third kappa shape index (κ3) is 10.5. The average molecular weight is 875 g/mol. The largest absolute Gasteiger partial charge is 0.512 e. The summed E-state index contributed by atoms with van der Waals surface area (Å²) in [5.41, 5.74) is 11.4. The van der Waals surface area contributed by atoms with Gasteiger partial charge in [-0.3, -0.25) is 9.78 Å². The van der Waals surface area contributed by atoms with Crippen LogP contribution in [0.15, 0.2) is 96.8 Å². The summed E-state index contributed by atoms with van der Waals surface area (Å²) in [4.78, 5) is 16.6. The second-order valence-corrected chi connectivity index (χ2v) is 22.1. The summed E-state index contributed by atoms with van der Waals surface area (Å²) in [5, 5.41) is 12.0. The van der Waals surface area contributed by atoms with E-state index in [-0.39, 0.29) is 43.0 Å². The van der Waals surface area contributed by atoms with E-state index in [1.807, 2.05) is 34.6 Å². The van der Waals surface area contributed by atoms with Crippen molar-refractivity contribution in [3.05, 3.63) is 120 Å². The Bertz CT molecular complexity index is 2000. The molecule has 5 aromatic rings. The van der Waals surface area contributed by atoms with Gasteiger partial charge in [-0.1, -0.05) is 161 Å². The van der Waals surface area contributed by atoms with Crippen LogP contribution >= 0.6 is 0 Å². The van der Waals surface area contributed by atoms with Crippen molar-refractivity contribution in [1.29, 1.82) is 0 Å². The normalized spacial score (nSPS) is 12.3. The molecule has 1 aromatic heterocycles. The molecule has 0 atom stereocenters. The zero-order valence-electron chi connectivity index (χ0n) is 32.9. The Morgan fingerprint density at radius 3 is 2.02 bits per heavy atom. The predicted molar refractivity (Wildman–Crippen MR) is 218 cm³/mol. The number of rotatable bonds is 6. The van der Waals surface area contributed by atoms with Crippen molar-refractivity contribution >= 4 is 29.9 Å². The number of hydrogen-bond acceptors (Lipinski definition) is 3. The summed E-state index contributed by atoms with van der Waals surface area (Å²) < 4.78 is 0. The minimum absolute atomic E-state index is 0. The van der Waals surface area contributed by atoms with Crippen LogP contribution in [0, 0.1) is 31.2 Å². The van der Waals surface area contributed by atoms with E-state index in [0.717, 1.165) is 22.3 Å². The van der Waals surface area contributed by atoms with Crippen LogP contribution in [0.4, 0.5) is 0 Å². The van der Waals surface area contributed by atoms with Gasteiger partial charge >= 0.3 is 0 Å². The smallest absolute Gasteiger partial charge is 0.164 e. The van der Waals surface area contributed by atoms with Crippen LogP contribution in [0.2, 0.25) is 19.6 Å². The quantitative estimate of drug-likeness (QED) is 0.0800. The second kappa shape index (κ2) is 16.4. The number of aliphatic hydroxyl groups is 1. The van der Waals surface area contributed by atoms with E-state index in [4.69, 9.17) is 4.98 Å². The van der Waals surface area contributed by atoms with Crippen LogP contribution in [-0.4, -0.2) is 23.9 Å². The molecule has 5 rings (SSSR count). The molecule has 1 heterocycles. The van der Waals surface area contributed by atoms with E-state index in [0.29, 0.717) is 0 Å². The molecule has 0 saturated heterocycles. The zero-order chi connectivity index (χ0) is 37.2. The Morgan fingerprint density at radius 2 is 1.47 bits per heavy atom. The van der Waals surface area contributed by atoms with Crippen molar-refractivity contribution in [3.63, 3.8) is 0 Å². The van der Waals surface area contributed by atoms with Gasteiger partial charge in [0.15, 0.2) is 5.78 Å². The van der Waals surface area contributed by atoms with E-state index in [2.05, 4.69) is 145 Å². The van der Waals surface area contributed by atoms with Crippen LogP contribution in [0.1, 0.15) is 72.1 Å². The van der Waals surface area contributed by atoms with Crippen molar-refractivity contribution in [2.45, 2.75) is 94.3 Å². The number of aromatic nitrogens is 1. The molecule has 0 spiro atoms. The molecule has 0 saturated carbocycles. The molecule has 0 aliphatic heterocycles. The first-order chi connectivity index (χ1) is 23.2. The summed E-state index contributed by atoms with van der Waals surface area (Å²) >= 11 is 0. The molecule has 0 bridgehead atoms. The maximum atomic E-state index is 11.3. The first kappa shape index (κ1) is 41.8. The summed E-state index contributed by atoms with van der Waals surface area (Å²) in [6.45, 7) is 27.6. The number of aryl methyl sites for hydroxylation is 2. The van der Waals surface area contributed by atoms with E-state index in [9.17, 15) is 9.90 Å². The van der Waals surface area contributed by atoms with Gasteiger partial charge in [0, 0.05) is 42.9 Å². The zero-order valence-corrected chi connectivity index (χ0v) is 36.3. The fraction of sp³-hybridized carbons (Fsp3) is 0.348. The summed E-state index contributed by atoms with van der Waals surface area (Å²) in [7, 11) is -1.53. The number of allylic oxidation sites excluding steroid dienone is 2. The topological polar surface area (TPSA) is 50.2 Å². The standard InChI is InChI=1S/C36H38NSi.C10H18O2.Ir/c1-24-19-25(2)21-27(20-24)34-23-31(30-22-28(38(6,7)8)17-18-33(30)37-34)35-29(26-13-10-9-11-14-26)15-12-16-32(35)36(3,4)5;1-7(2)8(11)6-9(12)10(3,4)5;/h9-20,22-23H,1-8H3;6-7,11H,1-5H3;/q-1;;/b;8-6-;. The SMILES string of the molecule is CC(C)/C(O)=C/C(=O)C(C)(C)C.Cc1[c-]c(-c2cc(-c3c(-c4ccccc4)cccc3C(C)(C)C)c3cc([Si](C)(C)C)ccc3n2)cc(C)c1.[Ir]. The molecule has 51 heavy (non-hydrogen) atoms. The molecule has 271 valence electrons. The van der Waals surface area contributed by atoms with Gasteiger partial charge in [-0.15, -0.1) is 34.9 Å². The molecule has 4 aromatic carbocycles. The molecule has 1 N–H and O–H groups in total. The number of ketones is 1. The van der Waals surface area contributed by atoms with Crippen LogP contribution in [-0.2, 0) is 30.3 Å². The fourth-order valence-corrected chi connectivity index (χ4v) is 7.07. The Morgan fingerprint density at radius 1 is 0.824 bits per heavy atom. The van der Waals surface area contributed by atoms with Crippen molar-refractivity contribution in [3.8, 4) is 33.5 Å². The van der Waals surface area contributed by atoms with Gasteiger partial charge in [0.2, 0.25) is 0 Å². The van der Waals surface area contributed by atoms with Crippen molar-refractivity contribution in [2.75, 3.05) is 0 Å². The third-order valence-corrected chi connectivity index (χ3v) is 11.0. The molecule has 0 unspecified atom stereocenters.